The van der Waals surface area contributed by atoms with Gasteiger partial charge in [0.25, 0.3) is 0 Å². The zero-order valence-corrected chi connectivity index (χ0v) is 53.0. The summed E-state index contributed by atoms with van der Waals surface area (Å²) in [6.45, 7) is 3.47. The number of aliphatic hydroxyl groups excluding tert-OH is 4. The molecule has 1 heterocycles. The Balaban J connectivity index is 2.25. The van der Waals surface area contributed by atoms with Crippen molar-refractivity contribution in [1.82, 2.24) is 5.32 Å². The van der Waals surface area contributed by atoms with Crippen molar-refractivity contribution in [3.63, 3.8) is 0 Å². The SMILES string of the molecule is CCCCCCCCCCCCCCCCCCCCCCC/C=C/C(O)C(COC1OC(CO)C(O)C(OS(=O)(=O)O)C1O)NC(=O)CCCCCCCCCCCCCCCCCCCCCCCCCCCCCCCC. The third-order valence-corrected chi connectivity index (χ3v) is 17.3. The summed E-state index contributed by atoms with van der Waals surface area (Å²) in [6.07, 6.45) is 62.9. The van der Waals surface area contributed by atoms with Crippen LogP contribution in [0.4, 0.5) is 0 Å². The van der Waals surface area contributed by atoms with Gasteiger partial charge in [0.15, 0.2) is 6.29 Å². The van der Waals surface area contributed by atoms with Gasteiger partial charge in [-0.05, 0) is 19.3 Å². The van der Waals surface area contributed by atoms with E-state index in [1.54, 1.807) is 6.08 Å². The molecule has 0 aromatic carbocycles. The van der Waals surface area contributed by atoms with E-state index in [4.69, 9.17) is 9.47 Å². The van der Waals surface area contributed by atoms with Crippen molar-refractivity contribution in [3.05, 3.63) is 12.2 Å². The van der Waals surface area contributed by atoms with E-state index >= 15 is 0 Å². The number of carbonyl (C=O) groups is 1. The number of carbonyl (C=O) groups excluding carboxylic acids is 1. The van der Waals surface area contributed by atoms with E-state index in [-0.39, 0.29) is 18.9 Å². The summed E-state index contributed by atoms with van der Waals surface area (Å²) in [5.74, 6) is -0.253. The van der Waals surface area contributed by atoms with Crippen molar-refractivity contribution < 1.29 is 51.8 Å². The van der Waals surface area contributed by atoms with Gasteiger partial charge in [0.05, 0.1) is 25.4 Å². The number of rotatable bonds is 62. The van der Waals surface area contributed by atoms with Crippen LogP contribution in [0.2, 0.25) is 0 Å². The average molecular weight is 1160 g/mol. The second kappa shape index (κ2) is 56.9. The number of hydrogen-bond acceptors (Lipinski definition) is 10. The Kier molecular flexibility index (Phi) is 54.7. The van der Waals surface area contributed by atoms with Crippen molar-refractivity contribution >= 4 is 16.3 Å². The predicted octanol–water partition coefficient (Wildman–Crippen LogP) is 17.7. The van der Waals surface area contributed by atoms with Gasteiger partial charge < -0.3 is 35.2 Å². The fourth-order valence-electron chi connectivity index (χ4n) is 11.5. The molecule has 1 saturated heterocycles. The van der Waals surface area contributed by atoms with E-state index in [0.29, 0.717) is 6.42 Å². The molecule has 0 radical (unpaired) electrons. The first-order valence-electron chi connectivity index (χ1n) is 34.6. The molecule has 1 aliphatic heterocycles. The summed E-state index contributed by atoms with van der Waals surface area (Å²) in [6, 6.07) is -0.942. The van der Waals surface area contributed by atoms with E-state index in [0.717, 1.165) is 38.5 Å². The van der Waals surface area contributed by atoms with Gasteiger partial charge in [-0.15, -0.1) is 0 Å². The van der Waals surface area contributed by atoms with Gasteiger partial charge in [-0.3, -0.25) is 9.35 Å². The molecule has 0 aromatic rings. The molecule has 1 amide bonds. The molecule has 12 nitrogen and oxygen atoms in total. The molecule has 6 N–H and O–H groups in total. The van der Waals surface area contributed by atoms with Gasteiger partial charge in [-0.1, -0.05) is 341 Å². The highest BCUT2D eigenvalue weighted by atomic mass is 32.3. The molecule has 0 aliphatic carbocycles. The maximum Gasteiger partial charge on any atom is 0.397 e. The van der Waals surface area contributed by atoms with Crippen molar-refractivity contribution in [1.29, 1.82) is 0 Å². The third kappa shape index (κ3) is 48.1. The number of hydrogen-bond donors (Lipinski definition) is 6. The van der Waals surface area contributed by atoms with Crippen molar-refractivity contribution in [3.8, 4) is 0 Å². The summed E-state index contributed by atoms with van der Waals surface area (Å²) in [7, 11) is -5.09. The molecular weight excluding hydrogens is 1030 g/mol. The minimum absolute atomic E-state index is 0.253. The first-order chi connectivity index (χ1) is 39.0. The van der Waals surface area contributed by atoms with Gasteiger partial charge >= 0.3 is 10.4 Å². The van der Waals surface area contributed by atoms with E-state index in [2.05, 4.69) is 23.3 Å². The maximum absolute atomic E-state index is 13.2. The minimum Gasteiger partial charge on any atom is -0.394 e. The predicted molar refractivity (Wildman–Crippen MR) is 333 cm³/mol. The van der Waals surface area contributed by atoms with Crippen LogP contribution in [-0.4, -0.2) is 95.4 Å². The molecule has 476 valence electrons. The normalized spacial score (nSPS) is 18.6. The largest absolute Gasteiger partial charge is 0.397 e. The Morgan fingerprint density at radius 1 is 0.487 bits per heavy atom. The van der Waals surface area contributed by atoms with E-state index in [9.17, 15) is 38.2 Å². The van der Waals surface area contributed by atoms with Crippen LogP contribution >= 0.6 is 0 Å². The van der Waals surface area contributed by atoms with Crippen LogP contribution in [0, 0.1) is 0 Å². The average Bonchev–Trinajstić information content (AvgIpc) is 3.43. The van der Waals surface area contributed by atoms with Crippen molar-refractivity contribution in [2.45, 2.75) is 397 Å². The summed E-state index contributed by atoms with van der Waals surface area (Å²) in [4.78, 5) is 13.2. The lowest BCUT2D eigenvalue weighted by Gasteiger charge is -2.41. The fourth-order valence-corrected chi connectivity index (χ4v) is 12.0. The Bertz CT molecular complexity index is 1450. The van der Waals surface area contributed by atoms with Gasteiger partial charge in [0.2, 0.25) is 5.91 Å². The molecule has 7 atom stereocenters. The highest BCUT2D eigenvalue weighted by Crippen LogP contribution is 2.26. The minimum atomic E-state index is -5.09. The van der Waals surface area contributed by atoms with Crippen molar-refractivity contribution in [2.24, 2.45) is 0 Å². The molecule has 80 heavy (non-hydrogen) atoms. The van der Waals surface area contributed by atoms with Crippen LogP contribution in [0.3, 0.4) is 0 Å². The van der Waals surface area contributed by atoms with Gasteiger partial charge in [0.1, 0.15) is 24.4 Å². The summed E-state index contributed by atoms with van der Waals surface area (Å²) >= 11 is 0. The van der Waals surface area contributed by atoms with Gasteiger partial charge in [0, 0.05) is 6.42 Å². The lowest BCUT2D eigenvalue weighted by molar-refractivity contribution is -0.298. The highest BCUT2D eigenvalue weighted by molar-refractivity contribution is 7.80. The Hall–Kier alpha value is -1.16. The smallest absolute Gasteiger partial charge is 0.394 e. The van der Waals surface area contributed by atoms with Crippen LogP contribution in [0.1, 0.15) is 354 Å². The third-order valence-electron chi connectivity index (χ3n) is 16.8. The zero-order chi connectivity index (χ0) is 58.3. The van der Waals surface area contributed by atoms with Crippen LogP contribution in [0.5, 0.6) is 0 Å². The number of aliphatic hydroxyl groups is 4. The lowest BCUT2D eigenvalue weighted by Crippen LogP contribution is -2.61. The molecule has 13 heteroatoms. The molecule has 1 rings (SSSR count). The molecule has 0 bridgehead atoms. The maximum atomic E-state index is 13.2. The number of unbranched alkanes of at least 4 members (excludes halogenated alkanes) is 50. The van der Waals surface area contributed by atoms with Crippen molar-refractivity contribution in [2.75, 3.05) is 13.2 Å². The van der Waals surface area contributed by atoms with E-state index in [1.807, 2.05) is 6.08 Å². The van der Waals surface area contributed by atoms with Crippen LogP contribution < -0.4 is 5.32 Å². The number of amides is 1. The quantitative estimate of drug-likeness (QED) is 0.0193. The topological polar surface area (TPSA) is 192 Å². The molecular formula is C67H131NO11S. The Labute approximate surface area is 493 Å². The standard InChI is InChI=1S/C67H131NO11S/c1-3-5-7-9-11-13-15-17-19-21-23-25-27-28-29-30-31-32-33-35-37-39-41-43-45-47-49-51-53-55-57-63(71)68-60(59-77-67-65(73)66(79-80(74,75)76)64(72)62(58-69)78-67)61(70)56-54-52-50-48-46-44-42-40-38-36-34-26-24-22-20-18-16-14-12-10-8-6-4-2/h54,56,60-62,64-67,69-70,72-73H,3-53,55,57-59H2,1-2H3,(H,68,71)(H,74,75,76)/b56-54+. The summed E-state index contributed by atoms with van der Waals surface area (Å²) < 4.78 is 48.0. The zero-order valence-electron chi connectivity index (χ0n) is 52.2. The van der Waals surface area contributed by atoms with Gasteiger partial charge in [-0.2, -0.15) is 8.42 Å². The fraction of sp³-hybridized carbons (Fsp3) is 0.955. The van der Waals surface area contributed by atoms with Crippen LogP contribution in [0.15, 0.2) is 12.2 Å². The summed E-state index contributed by atoms with van der Waals surface area (Å²) in [5.41, 5.74) is 0. The lowest BCUT2D eigenvalue weighted by atomic mass is 9.99. The van der Waals surface area contributed by atoms with Crippen LogP contribution in [-0.2, 0) is 28.9 Å². The molecule has 1 aliphatic rings. The molecule has 0 spiro atoms. The van der Waals surface area contributed by atoms with Crippen LogP contribution in [0.25, 0.3) is 0 Å². The second-order valence-electron chi connectivity index (χ2n) is 24.5. The summed E-state index contributed by atoms with van der Waals surface area (Å²) in [5, 5.41) is 45.2. The van der Waals surface area contributed by atoms with E-state index in [1.165, 1.54) is 289 Å². The number of nitrogens with one attached hydrogen (secondary N) is 1. The molecule has 1 fully saturated rings. The van der Waals surface area contributed by atoms with Gasteiger partial charge in [-0.25, -0.2) is 4.18 Å². The first kappa shape index (κ1) is 76.9. The Morgan fingerprint density at radius 3 is 1.09 bits per heavy atom. The molecule has 0 saturated carbocycles. The first-order valence-corrected chi connectivity index (χ1v) is 35.9. The second-order valence-corrected chi connectivity index (χ2v) is 25.5. The molecule has 0 aromatic heterocycles. The van der Waals surface area contributed by atoms with E-state index < -0.39 is 59.9 Å². The Morgan fingerprint density at radius 2 is 0.787 bits per heavy atom. The molecule has 7 unspecified atom stereocenters. The number of allylic oxidation sites excluding steroid dienone is 1. The highest BCUT2D eigenvalue weighted by Gasteiger charge is 2.48. The number of ether oxygens (including phenoxy) is 2. The monoisotopic (exact) mass is 1160 g/mol.